The molecule has 0 aromatic heterocycles. The molecule has 5 heteroatoms. The van der Waals surface area contributed by atoms with Crippen LogP contribution in [0.4, 0.5) is 0 Å². The third-order valence-corrected chi connectivity index (χ3v) is 4.86. The van der Waals surface area contributed by atoms with Crippen LogP contribution < -0.4 is 5.32 Å². The molecule has 0 amide bonds. The van der Waals surface area contributed by atoms with E-state index in [0.29, 0.717) is 12.5 Å². The Kier molecular flexibility index (Phi) is 6.02. The lowest BCUT2D eigenvalue weighted by molar-refractivity contribution is -0.147. The standard InChI is InChI=1S/C16H31N3O2/c1-3-8-17-16(15(20)21,14-6-7-14)13-18(2)11-12-19-9-4-5-10-19/h14,17H,3-13H2,1-2H3,(H,20,21). The van der Waals surface area contributed by atoms with Gasteiger partial charge < -0.3 is 20.2 Å². The number of likely N-dealkylation sites (N-methyl/N-ethyl adjacent to an activating group) is 1. The van der Waals surface area contributed by atoms with Gasteiger partial charge in [0.1, 0.15) is 5.54 Å². The SMILES string of the molecule is CCCNC(CN(C)CCN1CCCC1)(C(=O)O)C1CC1. The summed E-state index contributed by atoms with van der Waals surface area (Å²) >= 11 is 0. The molecule has 1 heterocycles. The summed E-state index contributed by atoms with van der Waals surface area (Å²) in [7, 11) is 2.06. The lowest BCUT2D eigenvalue weighted by atomic mass is 9.92. The summed E-state index contributed by atoms with van der Waals surface area (Å²) in [4.78, 5) is 16.6. The van der Waals surface area contributed by atoms with Crippen LogP contribution in [0.5, 0.6) is 0 Å². The lowest BCUT2D eigenvalue weighted by Gasteiger charge is -2.35. The molecule has 5 nitrogen and oxygen atoms in total. The number of likely N-dealkylation sites (tertiary alicyclic amines) is 1. The Morgan fingerprint density at radius 2 is 2.05 bits per heavy atom. The van der Waals surface area contributed by atoms with Gasteiger partial charge in [-0.05, 0) is 64.7 Å². The minimum Gasteiger partial charge on any atom is -0.480 e. The van der Waals surface area contributed by atoms with Crippen molar-refractivity contribution < 1.29 is 9.90 Å². The Hall–Kier alpha value is -0.650. The Bertz CT molecular complexity index is 340. The highest BCUT2D eigenvalue weighted by atomic mass is 16.4. The second-order valence-electron chi connectivity index (χ2n) is 6.76. The van der Waals surface area contributed by atoms with E-state index in [1.54, 1.807) is 0 Å². The van der Waals surface area contributed by atoms with Crippen LogP contribution in [0.1, 0.15) is 39.0 Å². The number of rotatable bonds is 10. The first-order valence-electron chi connectivity index (χ1n) is 8.48. The van der Waals surface area contributed by atoms with Crippen molar-refractivity contribution >= 4 is 5.97 Å². The first-order valence-corrected chi connectivity index (χ1v) is 8.48. The van der Waals surface area contributed by atoms with E-state index in [0.717, 1.165) is 38.9 Å². The van der Waals surface area contributed by atoms with E-state index in [9.17, 15) is 9.90 Å². The number of aliphatic carboxylic acids is 1. The summed E-state index contributed by atoms with van der Waals surface area (Å²) in [5.74, 6) is -0.373. The van der Waals surface area contributed by atoms with E-state index in [2.05, 4.69) is 29.1 Å². The molecule has 1 aliphatic carbocycles. The normalized spacial score (nSPS) is 22.6. The number of hydrogen-bond donors (Lipinski definition) is 2. The maximum Gasteiger partial charge on any atom is 0.325 e. The maximum atomic E-state index is 11.9. The third-order valence-electron chi connectivity index (χ3n) is 4.86. The van der Waals surface area contributed by atoms with E-state index >= 15 is 0 Å². The molecule has 0 bridgehead atoms. The average molecular weight is 297 g/mol. The van der Waals surface area contributed by atoms with Crippen LogP contribution in [0.15, 0.2) is 0 Å². The fourth-order valence-corrected chi connectivity index (χ4v) is 3.39. The highest BCUT2D eigenvalue weighted by molar-refractivity contribution is 5.80. The molecule has 1 saturated carbocycles. The van der Waals surface area contributed by atoms with Gasteiger partial charge in [0.05, 0.1) is 0 Å². The van der Waals surface area contributed by atoms with Crippen molar-refractivity contribution in [3.63, 3.8) is 0 Å². The van der Waals surface area contributed by atoms with Crippen molar-refractivity contribution in [2.45, 2.75) is 44.6 Å². The summed E-state index contributed by atoms with van der Waals surface area (Å²) in [5, 5.41) is 13.1. The van der Waals surface area contributed by atoms with E-state index in [-0.39, 0.29) is 0 Å². The van der Waals surface area contributed by atoms with Gasteiger partial charge in [-0.25, -0.2) is 0 Å². The lowest BCUT2D eigenvalue weighted by Crippen LogP contribution is -2.60. The number of nitrogens with zero attached hydrogens (tertiary/aromatic N) is 2. The molecule has 2 rings (SSSR count). The third kappa shape index (κ3) is 4.41. The van der Waals surface area contributed by atoms with E-state index in [4.69, 9.17) is 0 Å². The van der Waals surface area contributed by atoms with Gasteiger partial charge in [-0.15, -0.1) is 0 Å². The van der Waals surface area contributed by atoms with Crippen LogP contribution in [0.2, 0.25) is 0 Å². The van der Waals surface area contributed by atoms with Gasteiger partial charge in [-0.2, -0.15) is 0 Å². The molecule has 0 aromatic carbocycles. The molecule has 2 aliphatic rings. The highest BCUT2D eigenvalue weighted by Crippen LogP contribution is 2.40. The molecular weight excluding hydrogens is 266 g/mol. The molecule has 1 aliphatic heterocycles. The summed E-state index contributed by atoms with van der Waals surface area (Å²) < 4.78 is 0. The fourth-order valence-electron chi connectivity index (χ4n) is 3.39. The molecule has 0 radical (unpaired) electrons. The molecule has 21 heavy (non-hydrogen) atoms. The van der Waals surface area contributed by atoms with Gasteiger partial charge in [-0.1, -0.05) is 6.92 Å². The zero-order valence-corrected chi connectivity index (χ0v) is 13.6. The monoisotopic (exact) mass is 297 g/mol. The first kappa shape index (κ1) is 16.7. The minimum absolute atomic E-state index is 0.302. The summed E-state index contributed by atoms with van der Waals surface area (Å²) in [5.41, 5.74) is -0.740. The van der Waals surface area contributed by atoms with Gasteiger partial charge in [-0.3, -0.25) is 4.79 Å². The van der Waals surface area contributed by atoms with E-state index in [1.807, 2.05) is 0 Å². The predicted molar refractivity (Wildman–Crippen MR) is 84.6 cm³/mol. The number of nitrogens with one attached hydrogen (secondary N) is 1. The van der Waals surface area contributed by atoms with Crippen LogP contribution in [0, 0.1) is 5.92 Å². The summed E-state index contributed by atoms with van der Waals surface area (Å²) in [6.07, 6.45) is 5.68. The zero-order valence-electron chi connectivity index (χ0n) is 13.6. The van der Waals surface area contributed by atoms with Gasteiger partial charge in [0.15, 0.2) is 0 Å². The topological polar surface area (TPSA) is 55.8 Å². The quantitative estimate of drug-likeness (QED) is 0.635. The molecule has 122 valence electrons. The molecule has 2 fully saturated rings. The van der Waals surface area contributed by atoms with Crippen molar-refractivity contribution in [2.75, 3.05) is 46.3 Å². The number of carboxylic acid groups (broad SMARTS) is 1. The van der Waals surface area contributed by atoms with Crippen molar-refractivity contribution in [1.82, 2.24) is 15.1 Å². The largest absolute Gasteiger partial charge is 0.480 e. The molecule has 1 atom stereocenters. The maximum absolute atomic E-state index is 11.9. The summed E-state index contributed by atoms with van der Waals surface area (Å²) in [6, 6.07) is 0. The van der Waals surface area contributed by atoms with Crippen molar-refractivity contribution in [3.05, 3.63) is 0 Å². The molecule has 2 N–H and O–H groups in total. The number of carboxylic acids is 1. The van der Waals surface area contributed by atoms with Crippen molar-refractivity contribution in [2.24, 2.45) is 5.92 Å². The van der Waals surface area contributed by atoms with Crippen LogP contribution in [0.3, 0.4) is 0 Å². The van der Waals surface area contributed by atoms with Gasteiger partial charge in [0, 0.05) is 19.6 Å². The Labute approximate surface area is 128 Å². The van der Waals surface area contributed by atoms with Crippen LogP contribution >= 0.6 is 0 Å². The highest BCUT2D eigenvalue weighted by Gasteiger charge is 2.51. The summed E-state index contributed by atoms with van der Waals surface area (Å²) in [6.45, 7) is 7.90. The second kappa shape index (κ2) is 7.56. The number of carbonyl (C=O) groups is 1. The minimum atomic E-state index is -0.740. The van der Waals surface area contributed by atoms with Crippen molar-refractivity contribution in [3.8, 4) is 0 Å². The molecule has 1 unspecified atom stereocenters. The Morgan fingerprint density at radius 3 is 2.57 bits per heavy atom. The van der Waals surface area contributed by atoms with Gasteiger partial charge >= 0.3 is 5.97 Å². The smallest absolute Gasteiger partial charge is 0.325 e. The average Bonchev–Trinajstić information content (AvgIpc) is 3.18. The van der Waals surface area contributed by atoms with Gasteiger partial charge in [0.25, 0.3) is 0 Å². The van der Waals surface area contributed by atoms with Crippen LogP contribution in [-0.4, -0.2) is 72.7 Å². The predicted octanol–water partition coefficient (Wildman–Crippen LogP) is 1.25. The van der Waals surface area contributed by atoms with Crippen LogP contribution in [0.25, 0.3) is 0 Å². The van der Waals surface area contributed by atoms with E-state index < -0.39 is 11.5 Å². The molecule has 1 saturated heterocycles. The Morgan fingerprint density at radius 1 is 1.38 bits per heavy atom. The number of hydrogen-bond acceptors (Lipinski definition) is 4. The first-order chi connectivity index (χ1) is 10.1. The Balaban J connectivity index is 1.88. The fraction of sp³-hybridized carbons (Fsp3) is 0.938. The zero-order chi connectivity index (χ0) is 15.3. The van der Waals surface area contributed by atoms with Gasteiger partial charge in [0.2, 0.25) is 0 Å². The van der Waals surface area contributed by atoms with E-state index in [1.165, 1.54) is 25.9 Å². The van der Waals surface area contributed by atoms with Crippen molar-refractivity contribution in [1.29, 1.82) is 0 Å². The molecular formula is C16H31N3O2. The molecule has 0 aromatic rings. The second-order valence-corrected chi connectivity index (χ2v) is 6.76. The molecule has 0 spiro atoms. The van der Waals surface area contributed by atoms with Crippen LogP contribution in [-0.2, 0) is 4.79 Å².